The summed E-state index contributed by atoms with van der Waals surface area (Å²) in [7, 11) is 3.60. The molecular formula is C18H25N5O2S. The first-order valence-corrected chi connectivity index (χ1v) is 9.94. The topological polar surface area (TPSA) is 70.0 Å². The van der Waals surface area contributed by atoms with Crippen LogP contribution in [0.3, 0.4) is 0 Å². The van der Waals surface area contributed by atoms with Gasteiger partial charge in [-0.15, -0.1) is 0 Å². The normalized spacial score (nSPS) is 25.6. The predicted molar refractivity (Wildman–Crippen MR) is 101 cm³/mol. The Morgan fingerprint density at radius 2 is 1.96 bits per heavy atom. The summed E-state index contributed by atoms with van der Waals surface area (Å²) in [6, 6.07) is 0.972. The molecule has 7 nitrogen and oxygen atoms in total. The second-order valence-corrected chi connectivity index (χ2v) is 8.66. The molecule has 4 heterocycles. The summed E-state index contributed by atoms with van der Waals surface area (Å²) in [6.45, 7) is 2.44. The summed E-state index contributed by atoms with van der Waals surface area (Å²) in [6.07, 6.45) is 7.86. The van der Waals surface area contributed by atoms with Crippen molar-refractivity contribution in [1.82, 2.24) is 24.5 Å². The molecule has 2 bridgehead atoms. The molecule has 2 amide bonds. The van der Waals surface area contributed by atoms with Crippen LogP contribution in [0.15, 0.2) is 12.4 Å². The number of nitrogens with one attached hydrogen (secondary N) is 1. The molecule has 26 heavy (non-hydrogen) atoms. The lowest BCUT2D eigenvalue weighted by Crippen LogP contribution is -2.52. The first-order chi connectivity index (χ1) is 12.4. The lowest BCUT2D eigenvalue weighted by molar-refractivity contribution is -0.131. The van der Waals surface area contributed by atoms with Gasteiger partial charge in [0.1, 0.15) is 4.88 Å². The molecule has 2 fully saturated rings. The number of thiazole rings is 1. The minimum Gasteiger partial charge on any atom is -0.348 e. The Bertz CT molecular complexity index is 796. The van der Waals surface area contributed by atoms with Crippen LogP contribution in [0.5, 0.6) is 0 Å². The third kappa shape index (κ3) is 3.23. The Kier molecular flexibility index (Phi) is 4.48. The van der Waals surface area contributed by atoms with Crippen molar-refractivity contribution in [1.29, 1.82) is 0 Å². The molecule has 1 N–H and O–H groups in total. The van der Waals surface area contributed by atoms with E-state index in [1.807, 2.05) is 23.7 Å². The fraction of sp³-hybridized carbons (Fsp3) is 0.611. The van der Waals surface area contributed by atoms with E-state index in [1.165, 1.54) is 11.3 Å². The van der Waals surface area contributed by atoms with Gasteiger partial charge in [0.2, 0.25) is 5.91 Å². The van der Waals surface area contributed by atoms with Gasteiger partial charge in [0, 0.05) is 44.6 Å². The Balaban J connectivity index is 1.39. The third-order valence-electron chi connectivity index (χ3n) is 5.54. The number of likely N-dealkylation sites (N-methyl/N-ethyl adjacent to an activating group) is 1. The molecule has 0 aliphatic carbocycles. The maximum absolute atomic E-state index is 12.6. The molecule has 2 unspecified atom stereocenters. The number of imidazole rings is 1. The van der Waals surface area contributed by atoms with Crippen molar-refractivity contribution < 1.29 is 9.59 Å². The van der Waals surface area contributed by atoms with E-state index in [0.717, 1.165) is 36.3 Å². The number of aryl methyl sites for hydroxylation is 1. The number of hydrogen-bond acceptors (Lipinski definition) is 5. The van der Waals surface area contributed by atoms with Gasteiger partial charge in [0.15, 0.2) is 4.96 Å². The number of carbonyl (C=O) groups is 2. The summed E-state index contributed by atoms with van der Waals surface area (Å²) < 4.78 is 1.91. The fourth-order valence-electron chi connectivity index (χ4n) is 4.22. The minimum atomic E-state index is -0.0135. The fourth-order valence-corrected chi connectivity index (χ4v) is 5.14. The quantitative estimate of drug-likeness (QED) is 0.880. The number of aromatic nitrogens is 2. The van der Waals surface area contributed by atoms with Crippen LogP contribution >= 0.6 is 11.3 Å². The van der Waals surface area contributed by atoms with Crippen LogP contribution in [0.25, 0.3) is 4.96 Å². The van der Waals surface area contributed by atoms with E-state index in [2.05, 4.69) is 15.2 Å². The van der Waals surface area contributed by atoms with Gasteiger partial charge in [-0.1, -0.05) is 11.3 Å². The highest BCUT2D eigenvalue weighted by atomic mass is 32.1. The highest BCUT2D eigenvalue weighted by Crippen LogP contribution is 2.35. The van der Waals surface area contributed by atoms with Crippen molar-refractivity contribution in [3.05, 3.63) is 23.0 Å². The van der Waals surface area contributed by atoms with Gasteiger partial charge in [-0.2, -0.15) is 0 Å². The molecule has 2 saturated heterocycles. The number of carbonyl (C=O) groups excluding carboxylic acids is 2. The van der Waals surface area contributed by atoms with Gasteiger partial charge in [-0.3, -0.25) is 18.9 Å². The van der Waals surface area contributed by atoms with Crippen LogP contribution in [-0.4, -0.2) is 69.8 Å². The molecule has 8 heteroatoms. The molecular weight excluding hydrogens is 350 g/mol. The Morgan fingerprint density at radius 3 is 2.58 bits per heavy atom. The SMILES string of the molecule is Cc1cn2cc(C(=O)NC3CC4CCC(C3)N4CC(=O)N(C)C)sc2n1. The van der Waals surface area contributed by atoms with Gasteiger partial charge in [-0.05, 0) is 32.6 Å². The zero-order valence-corrected chi connectivity index (χ0v) is 16.3. The summed E-state index contributed by atoms with van der Waals surface area (Å²) in [4.78, 5) is 34.7. The van der Waals surface area contributed by atoms with Crippen molar-refractivity contribution in [2.24, 2.45) is 0 Å². The van der Waals surface area contributed by atoms with E-state index in [4.69, 9.17) is 0 Å². The van der Waals surface area contributed by atoms with Gasteiger partial charge in [0.05, 0.1) is 12.2 Å². The van der Waals surface area contributed by atoms with Gasteiger partial charge in [-0.25, -0.2) is 4.98 Å². The zero-order valence-electron chi connectivity index (χ0n) is 15.4. The first-order valence-electron chi connectivity index (χ1n) is 9.12. The number of amides is 2. The maximum atomic E-state index is 12.6. The average molecular weight is 375 g/mol. The maximum Gasteiger partial charge on any atom is 0.263 e. The summed E-state index contributed by atoms with van der Waals surface area (Å²) in [5.41, 5.74) is 0.958. The van der Waals surface area contributed by atoms with E-state index >= 15 is 0 Å². The molecule has 0 aromatic carbocycles. The van der Waals surface area contributed by atoms with E-state index in [0.29, 0.717) is 23.5 Å². The van der Waals surface area contributed by atoms with Crippen molar-refractivity contribution in [2.45, 2.75) is 50.7 Å². The lowest BCUT2D eigenvalue weighted by atomic mass is 9.97. The Labute approximate surface area is 157 Å². The number of nitrogens with zero attached hydrogens (tertiary/aromatic N) is 4. The van der Waals surface area contributed by atoms with Crippen molar-refractivity contribution in [2.75, 3.05) is 20.6 Å². The molecule has 2 aliphatic heterocycles. The number of piperidine rings is 1. The van der Waals surface area contributed by atoms with Crippen LogP contribution in [0, 0.1) is 6.92 Å². The summed E-state index contributed by atoms with van der Waals surface area (Å²) in [5, 5.41) is 3.21. The van der Waals surface area contributed by atoms with Crippen LogP contribution in [0.4, 0.5) is 0 Å². The van der Waals surface area contributed by atoms with Crippen molar-refractivity contribution in [3.8, 4) is 0 Å². The standard InChI is InChI=1S/C18H25N5O2S/c1-11-8-22-9-15(26-18(22)19-11)17(25)20-12-6-13-4-5-14(7-12)23(13)10-16(24)21(2)3/h8-9,12-14H,4-7,10H2,1-3H3,(H,20,25). The van der Waals surface area contributed by atoms with Crippen LogP contribution < -0.4 is 5.32 Å². The van der Waals surface area contributed by atoms with Gasteiger partial charge >= 0.3 is 0 Å². The molecule has 2 aliphatic rings. The van der Waals surface area contributed by atoms with E-state index in [1.54, 1.807) is 19.0 Å². The smallest absolute Gasteiger partial charge is 0.263 e. The van der Waals surface area contributed by atoms with E-state index < -0.39 is 0 Å². The minimum absolute atomic E-state index is 0.0135. The first kappa shape index (κ1) is 17.5. The molecule has 4 rings (SSSR count). The number of hydrogen-bond donors (Lipinski definition) is 1. The van der Waals surface area contributed by atoms with Crippen molar-refractivity contribution in [3.63, 3.8) is 0 Å². The molecule has 140 valence electrons. The second-order valence-electron chi connectivity index (χ2n) is 7.65. The van der Waals surface area contributed by atoms with E-state index in [-0.39, 0.29) is 17.9 Å². The monoisotopic (exact) mass is 375 g/mol. The highest BCUT2D eigenvalue weighted by Gasteiger charge is 2.42. The van der Waals surface area contributed by atoms with Crippen LogP contribution in [0.1, 0.15) is 41.0 Å². The summed E-state index contributed by atoms with van der Waals surface area (Å²) >= 11 is 1.42. The Hall–Kier alpha value is -1.93. The third-order valence-corrected chi connectivity index (χ3v) is 6.53. The van der Waals surface area contributed by atoms with Crippen molar-refractivity contribution >= 4 is 28.1 Å². The average Bonchev–Trinajstić information content (AvgIpc) is 3.17. The zero-order chi connectivity index (χ0) is 18.4. The molecule has 0 radical (unpaired) electrons. The second kappa shape index (κ2) is 6.66. The molecule has 2 aromatic rings. The van der Waals surface area contributed by atoms with Gasteiger partial charge < -0.3 is 10.2 Å². The lowest BCUT2D eigenvalue weighted by Gasteiger charge is -2.39. The van der Waals surface area contributed by atoms with Crippen LogP contribution in [0.2, 0.25) is 0 Å². The molecule has 2 aromatic heterocycles. The van der Waals surface area contributed by atoms with Gasteiger partial charge in [0.25, 0.3) is 5.91 Å². The highest BCUT2D eigenvalue weighted by molar-refractivity contribution is 7.18. The molecule has 0 saturated carbocycles. The molecule has 2 atom stereocenters. The van der Waals surface area contributed by atoms with E-state index in [9.17, 15) is 9.59 Å². The predicted octanol–water partition coefficient (Wildman–Crippen LogP) is 1.52. The molecule has 0 spiro atoms. The largest absolute Gasteiger partial charge is 0.348 e. The number of fused-ring (bicyclic) bond motifs is 3. The summed E-state index contributed by atoms with van der Waals surface area (Å²) in [5.74, 6) is 0.141. The Morgan fingerprint density at radius 1 is 1.27 bits per heavy atom. The number of rotatable bonds is 4. The van der Waals surface area contributed by atoms with Crippen LogP contribution in [-0.2, 0) is 4.79 Å².